The summed E-state index contributed by atoms with van der Waals surface area (Å²) in [7, 11) is 1.63. The van der Waals surface area contributed by atoms with E-state index in [9.17, 15) is 14.4 Å². The molecule has 0 spiro atoms. The Hall–Kier alpha value is -3.27. The monoisotopic (exact) mass is 640 g/mol. The Morgan fingerprint density at radius 2 is 1.76 bits per heavy atom. The molecule has 10 heteroatoms. The molecule has 2 aromatic rings. The molecule has 5 rings (SSSR count). The standard InChI is InChI=1S/C32H41BrN4O5/c1-19-6-9-22(14-28(19)41-5)35-29(38)21-7-10-24(11-8-21)37-18-26-25(30(37)39)12-23(13-27(26)33)34-15-20-16-36(17-20)31(40)42-32(2,3)4/h6,9,12-14,20-21,24,34H,7-8,10-11,15-18H2,1-5H3,(H,35,38). The van der Waals surface area contributed by atoms with Crippen molar-refractivity contribution in [1.82, 2.24) is 9.80 Å². The third kappa shape index (κ3) is 6.69. The summed E-state index contributed by atoms with van der Waals surface area (Å²) < 4.78 is 11.7. The van der Waals surface area contributed by atoms with Crippen LogP contribution in [-0.4, -0.2) is 66.1 Å². The Balaban J connectivity index is 1.12. The minimum Gasteiger partial charge on any atom is -0.496 e. The molecule has 2 heterocycles. The number of halogens is 1. The molecule has 0 atom stereocenters. The highest BCUT2D eigenvalue weighted by molar-refractivity contribution is 9.10. The SMILES string of the molecule is COc1cc(NC(=O)C2CCC(N3Cc4c(Br)cc(NCC5CN(C(=O)OC(C)(C)C)C5)cc4C3=O)CC2)ccc1C. The second kappa shape index (κ2) is 12.1. The highest BCUT2D eigenvalue weighted by Gasteiger charge is 2.38. The number of carbonyl (C=O) groups excluding carboxylic acids is 3. The van der Waals surface area contributed by atoms with Gasteiger partial charge in [-0.15, -0.1) is 0 Å². The largest absolute Gasteiger partial charge is 0.496 e. The molecule has 1 saturated heterocycles. The number of hydrogen-bond acceptors (Lipinski definition) is 6. The number of nitrogens with zero attached hydrogens (tertiary/aromatic N) is 2. The molecule has 2 fully saturated rings. The van der Waals surface area contributed by atoms with Gasteiger partial charge in [0, 0.05) is 71.5 Å². The van der Waals surface area contributed by atoms with E-state index in [1.54, 1.807) is 12.0 Å². The number of amides is 3. The third-order valence-electron chi connectivity index (χ3n) is 8.40. The van der Waals surface area contributed by atoms with Gasteiger partial charge in [-0.25, -0.2) is 4.79 Å². The lowest BCUT2D eigenvalue weighted by Gasteiger charge is -2.40. The van der Waals surface area contributed by atoms with E-state index < -0.39 is 5.60 Å². The number of ether oxygens (including phenoxy) is 2. The lowest BCUT2D eigenvalue weighted by Crippen LogP contribution is -2.53. The van der Waals surface area contributed by atoms with Crippen LogP contribution in [-0.2, 0) is 16.1 Å². The smallest absolute Gasteiger partial charge is 0.410 e. The Morgan fingerprint density at radius 3 is 2.43 bits per heavy atom. The molecule has 226 valence electrons. The van der Waals surface area contributed by atoms with Crippen LogP contribution in [0, 0.1) is 18.8 Å². The summed E-state index contributed by atoms with van der Waals surface area (Å²) in [6, 6.07) is 9.78. The van der Waals surface area contributed by atoms with Crippen molar-refractivity contribution in [2.24, 2.45) is 11.8 Å². The van der Waals surface area contributed by atoms with Gasteiger partial charge in [0.15, 0.2) is 0 Å². The number of hydrogen-bond donors (Lipinski definition) is 2. The molecule has 1 aliphatic carbocycles. The summed E-state index contributed by atoms with van der Waals surface area (Å²) in [4.78, 5) is 42.4. The van der Waals surface area contributed by atoms with E-state index in [1.807, 2.05) is 62.9 Å². The van der Waals surface area contributed by atoms with Gasteiger partial charge < -0.3 is 29.9 Å². The van der Waals surface area contributed by atoms with Crippen LogP contribution in [0.5, 0.6) is 5.75 Å². The highest BCUT2D eigenvalue weighted by Crippen LogP contribution is 2.38. The van der Waals surface area contributed by atoms with Crippen LogP contribution >= 0.6 is 15.9 Å². The van der Waals surface area contributed by atoms with E-state index in [-0.39, 0.29) is 29.9 Å². The normalized spacial score (nSPS) is 20.6. The minimum absolute atomic E-state index is 0.0227. The predicted octanol–water partition coefficient (Wildman–Crippen LogP) is 6.20. The van der Waals surface area contributed by atoms with E-state index in [0.717, 1.165) is 64.0 Å². The quantitative estimate of drug-likeness (QED) is 0.374. The van der Waals surface area contributed by atoms with Gasteiger partial charge in [0.25, 0.3) is 5.91 Å². The van der Waals surface area contributed by atoms with Crippen LogP contribution in [0.2, 0.25) is 0 Å². The summed E-state index contributed by atoms with van der Waals surface area (Å²) in [6.07, 6.45) is 2.82. The van der Waals surface area contributed by atoms with Crippen molar-refractivity contribution >= 4 is 45.2 Å². The number of nitrogens with one attached hydrogen (secondary N) is 2. The molecular formula is C32H41BrN4O5. The fourth-order valence-electron chi connectivity index (χ4n) is 6.01. The summed E-state index contributed by atoms with van der Waals surface area (Å²) in [5, 5.41) is 6.50. The Bertz CT molecular complexity index is 1360. The van der Waals surface area contributed by atoms with Crippen LogP contribution in [0.15, 0.2) is 34.8 Å². The minimum atomic E-state index is -0.498. The molecule has 0 bridgehead atoms. The number of anilines is 2. The first-order valence-corrected chi connectivity index (χ1v) is 15.5. The fraction of sp³-hybridized carbons (Fsp3) is 0.531. The molecule has 42 heavy (non-hydrogen) atoms. The first-order valence-electron chi connectivity index (χ1n) is 14.7. The zero-order valence-electron chi connectivity index (χ0n) is 25.1. The van der Waals surface area contributed by atoms with Crippen LogP contribution in [0.25, 0.3) is 0 Å². The molecule has 2 aromatic carbocycles. The number of likely N-dealkylation sites (tertiary alicyclic amines) is 1. The van der Waals surface area contributed by atoms with Gasteiger partial charge in [-0.05, 0) is 82.7 Å². The molecule has 2 aliphatic heterocycles. The Morgan fingerprint density at radius 1 is 1.05 bits per heavy atom. The van der Waals surface area contributed by atoms with E-state index in [4.69, 9.17) is 9.47 Å². The van der Waals surface area contributed by atoms with Crippen molar-refractivity contribution in [3.63, 3.8) is 0 Å². The first-order chi connectivity index (χ1) is 19.9. The number of methoxy groups -OCH3 is 1. The van der Waals surface area contributed by atoms with Gasteiger partial charge in [-0.3, -0.25) is 9.59 Å². The second-order valence-corrected chi connectivity index (χ2v) is 13.6. The summed E-state index contributed by atoms with van der Waals surface area (Å²) in [5.74, 6) is 1.08. The summed E-state index contributed by atoms with van der Waals surface area (Å²) >= 11 is 3.70. The van der Waals surface area contributed by atoms with Gasteiger partial charge in [-0.2, -0.15) is 0 Å². The molecule has 0 radical (unpaired) electrons. The van der Waals surface area contributed by atoms with Crippen LogP contribution in [0.3, 0.4) is 0 Å². The van der Waals surface area contributed by atoms with Crippen LogP contribution in [0.1, 0.15) is 67.9 Å². The number of carbonyl (C=O) groups is 3. The lowest BCUT2D eigenvalue weighted by atomic mass is 9.84. The summed E-state index contributed by atoms with van der Waals surface area (Å²) in [6.45, 7) is 10.2. The van der Waals surface area contributed by atoms with Crippen molar-refractivity contribution in [2.75, 3.05) is 37.4 Å². The predicted molar refractivity (Wildman–Crippen MR) is 166 cm³/mol. The maximum atomic E-state index is 13.5. The fourth-order valence-corrected chi connectivity index (χ4v) is 6.60. The average molecular weight is 642 g/mol. The van der Waals surface area contributed by atoms with Crippen molar-refractivity contribution in [1.29, 1.82) is 0 Å². The van der Waals surface area contributed by atoms with Gasteiger partial charge in [0.1, 0.15) is 11.4 Å². The molecular weight excluding hydrogens is 600 g/mol. The summed E-state index contributed by atoms with van der Waals surface area (Å²) in [5.41, 5.74) is 3.89. The number of aryl methyl sites for hydroxylation is 1. The van der Waals surface area contributed by atoms with E-state index >= 15 is 0 Å². The maximum absolute atomic E-state index is 13.5. The Kier molecular flexibility index (Phi) is 8.73. The molecule has 3 aliphatic rings. The zero-order valence-corrected chi connectivity index (χ0v) is 26.7. The average Bonchev–Trinajstić information content (AvgIpc) is 3.24. The highest BCUT2D eigenvalue weighted by atomic mass is 79.9. The molecule has 3 amide bonds. The number of benzene rings is 2. The van der Waals surface area contributed by atoms with Gasteiger partial charge in [0.2, 0.25) is 5.91 Å². The van der Waals surface area contributed by atoms with Crippen LogP contribution in [0.4, 0.5) is 16.2 Å². The molecule has 2 N–H and O–H groups in total. The lowest BCUT2D eigenvalue weighted by molar-refractivity contribution is -0.121. The molecule has 0 aromatic heterocycles. The van der Waals surface area contributed by atoms with E-state index in [1.165, 1.54) is 0 Å². The van der Waals surface area contributed by atoms with Crippen molar-refractivity contribution in [3.05, 3.63) is 51.5 Å². The third-order valence-corrected chi connectivity index (χ3v) is 9.11. The van der Waals surface area contributed by atoms with E-state index in [2.05, 4.69) is 26.6 Å². The van der Waals surface area contributed by atoms with Crippen molar-refractivity contribution in [3.8, 4) is 5.75 Å². The van der Waals surface area contributed by atoms with E-state index in [0.29, 0.717) is 32.1 Å². The van der Waals surface area contributed by atoms with Gasteiger partial charge in [-0.1, -0.05) is 22.0 Å². The van der Waals surface area contributed by atoms with Crippen LogP contribution < -0.4 is 15.4 Å². The van der Waals surface area contributed by atoms with Crippen molar-refractivity contribution in [2.45, 2.75) is 71.6 Å². The first kappa shape index (κ1) is 30.2. The zero-order chi connectivity index (χ0) is 30.2. The van der Waals surface area contributed by atoms with Gasteiger partial charge >= 0.3 is 6.09 Å². The Labute approximate surface area is 256 Å². The molecule has 1 saturated carbocycles. The number of fused-ring (bicyclic) bond motifs is 1. The number of rotatable bonds is 7. The van der Waals surface area contributed by atoms with Gasteiger partial charge in [0.05, 0.1) is 7.11 Å². The second-order valence-electron chi connectivity index (χ2n) is 12.7. The van der Waals surface area contributed by atoms with Crippen molar-refractivity contribution < 1.29 is 23.9 Å². The maximum Gasteiger partial charge on any atom is 0.410 e. The molecule has 0 unspecified atom stereocenters. The topological polar surface area (TPSA) is 100 Å². The molecule has 9 nitrogen and oxygen atoms in total.